The molecule has 1 aliphatic heterocycles. The predicted octanol–water partition coefficient (Wildman–Crippen LogP) is 1.59. The van der Waals surface area contributed by atoms with Crippen molar-refractivity contribution in [3.8, 4) is 0 Å². The normalized spacial score (nSPS) is 20.6. The summed E-state index contributed by atoms with van der Waals surface area (Å²) in [5, 5.41) is 9.16. The third-order valence-corrected chi connectivity index (χ3v) is 4.96. The molecule has 2 rings (SSSR count). The van der Waals surface area contributed by atoms with E-state index in [1.807, 2.05) is 6.07 Å². The summed E-state index contributed by atoms with van der Waals surface area (Å²) in [6.45, 7) is 2.03. The number of para-hydroxylation sites is 1. The van der Waals surface area contributed by atoms with Crippen molar-refractivity contribution in [2.24, 2.45) is 0 Å². The van der Waals surface area contributed by atoms with Gasteiger partial charge >= 0.3 is 16.2 Å². The molecule has 6 nitrogen and oxygen atoms in total. The molecular formula is C13H18N2O4S. The fourth-order valence-electron chi connectivity index (χ4n) is 2.32. The molecule has 0 radical (unpaired) electrons. The Bertz CT molecular complexity index is 600. The molecule has 20 heavy (non-hydrogen) atoms. The molecular weight excluding hydrogens is 280 g/mol. The molecule has 1 aromatic rings. The summed E-state index contributed by atoms with van der Waals surface area (Å²) in [5.41, 5.74) is 1.27. The first-order chi connectivity index (χ1) is 9.42. The van der Waals surface area contributed by atoms with Gasteiger partial charge in [0.1, 0.15) is 6.04 Å². The molecule has 0 aromatic heterocycles. The zero-order valence-electron chi connectivity index (χ0n) is 11.2. The van der Waals surface area contributed by atoms with Crippen molar-refractivity contribution in [1.82, 2.24) is 4.31 Å². The van der Waals surface area contributed by atoms with E-state index in [2.05, 4.69) is 4.72 Å². The van der Waals surface area contributed by atoms with E-state index < -0.39 is 22.2 Å². The third-order valence-electron chi connectivity index (χ3n) is 3.43. The maximum atomic E-state index is 12.4. The van der Waals surface area contributed by atoms with Crippen LogP contribution in [0.5, 0.6) is 0 Å². The summed E-state index contributed by atoms with van der Waals surface area (Å²) in [6, 6.07) is 6.02. The number of anilines is 1. The summed E-state index contributed by atoms with van der Waals surface area (Å²) in [4.78, 5) is 11.2. The monoisotopic (exact) mass is 298 g/mol. The van der Waals surface area contributed by atoms with Crippen molar-refractivity contribution in [3.63, 3.8) is 0 Å². The molecule has 1 heterocycles. The van der Waals surface area contributed by atoms with Crippen LogP contribution in [-0.4, -0.2) is 36.4 Å². The fourth-order valence-corrected chi connectivity index (χ4v) is 3.85. The van der Waals surface area contributed by atoms with Crippen molar-refractivity contribution in [3.05, 3.63) is 29.8 Å². The zero-order chi connectivity index (χ0) is 14.8. The van der Waals surface area contributed by atoms with Crippen molar-refractivity contribution in [2.75, 3.05) is 11.3 Å². The molecule has 0 spiro atoms. The van der Waals surface area contributed by atoms with Gasteiger partial charge in [-0.2, -0.15) is 12.7 Å². The van der Waals surface area contributed by atoms with Gasteiger partial charge in [-0.05, 0) is 37.8 Å². The van der Waals surface area contributed by atoms with Crippen LogP contribution in [0.3, 0.4) is 0 Å². The Hall–Kier alpha value is -1.60. The van der Waals surface area contributed by atoms with Crippen molar-refractivity contribution < 1.29 is 18.3 Å². The van der Waals surface area contributed by atoms with Gasteiger partial charge in [-0.25, -0.2) is 0 Å². The van der Waals surface area contributed by atoms with Crippen LogP contribution in [0, 0.1) is 6.92 Å². The maximum absolute atomic E-state index is 12.4. The Morgan fingerprint density at radius 1 is 1.35 bits per heavy atom. The predicted molar refractivity (Wildman–Crippen MR) is 75.7 cm³/mol. The van der Waals surface area contributed by atoms with Crippen LogP contribution in [0.15, 0.2) is 24.3 Å². The van der Waals surface area contributed by atoms with Crippen LogP contribution in [0.25, 0.3) is 0 Å². The summed E-state index contributed by atoms with van der Waals surface area (Å²) >= 11 is 0. The van der Waals surface area contributed by atoms with E-state index in [9.17, 15) is 13.2 Å². The van der Waals surface area contributed by atoms with E-state index in [0.717, 1.165) is 16.3 Å². The first-order valence-corrected chi connectivity index (χ1v) is 7.94. The topological polar surface area (TPSA) is 86.7 Å². The number of carboxylic acids is 1. The smallest absolute Gasteiger partial charge is 0.322 e. The van der Waals surface area contributed by atoms with E-state index in [4.69, 9.17) is 5.11 Å². The minimum Gasteiger partial charge on any atom is -0.480 e. The Morgan fingerprint density at radius 3 is 2.70 bits per heavy atom. The number of carboxylic acid groups (broad SMARTS) is 1. The number of nitrogens with one attached hydrogen (secondary N) is 1. The minimum atomic E-state index is -3.85. The lowest BCUT2D eigenvalue weighted by Crippen LogP contribution is -2.50. The van der Waals surface area contributed by atoms with Crippen LogP contribution < -0.4 is 4.72 Å². The van der Waals surface area contributed by atoms with Crippen LogP contribution >= 0.6 is 0 Å². The van der Waals surface area contributed by atoms with Gasteiger partial charge in [-0.15, -0.1) is 0 Å². The van der Waals surface area contributed by atoms with Gasteiger partial charge in [0, 0.05) is 6.54 Å². The van der Waals surface area contributed by atoms with Crippen LogP contribution in [0.2, 0.25) is 0 Å². The maximum Gasteiger partial charge on any atom is 0.322 e. The van der Waals surface area contributed by atoms with Gasteiger partial charge in [-0.3, -0.25) is 9.52 Å². The number of aryl methyl sites for hydroxylation is 1. The third kappa shape index (κ3) is 3.10. The molecule has 1 unspecified atom stereocenters. The second-order valence-electron chi connectivity index (χ2n) is 4.88. The second kappa shape index (κ2) is 5.80. The van der Waals surface area contributed by atoms with Gasteiger partial charge in [0.25, 0.3) is 0 Å². The van der Waals surface area contributed by atoms with Crippen molar-refractivity contribution in [1.29, 1.82) is 0 Å². The molecule has 0 saturated carbocycles. The fraction of sp³-hybridized carbons (Fsp3) is 0.462. The summed E-state index contributed by atoms with van der Waals surface area (Å²) in [5.74, 6) is -1.10. The molecule has 2 N–H and O–H groups in total. The molecule has 1 aliphatic rings. The molecule has 0 amide bonds. The van der Waals surface area contributed by atoms with E-state index in [-0.39, 0.29) is 6.54 Å². The quantitative estimate of drug-likeness (QED) is 0.883. The zero-order valence-corrected chi connectivity index (χ0v) is 12.1. The lowest BCUT2D eigenvalue weighted by atomic mass is 10.1. The molecule has 0 aliphatic carbocycles. The number of aliphatic carboxylic acids is 1. The van der Waals surface area contributed by atoms with E-state index in [0.29, 0.717) is 18.5 Å². The first-order valence-electron chi connectivity index (χ1n) is 6.50. The molecule has 0 bridgehead atoms. The Morgan fingerprint density at radius 2 is 2.05 bits per heavy atom. The molecule has 1 atom stereocenters. The average molecular weight is 298 g/mol. The summed E-state index contributed by atoms with van der Waals surface area (Å²) in [7, 11) is -3.85. The van der Waals surface area contributed by atoms with Crippen LogP contribution in [-0.2, 0) is 15.0 Å². The number of benzene rings is 1. The molecule has 1 aromatic carbocycles. The molecule has 110 valence electrons. The SMILES string of the molecule is Cc1ccccc1NS(=O)(=O)N1CCCCC1C(=O)O. The van der Waals surface area contributed by atoms with E-state index in [1.54, 1.807) is 25.1 Å². The average Bonchev–Trinajstić information content (AvgIpc) is 2.41. The number of hydrogen-bond donors (Lipinski definition) is 2. The summed E-state index contributed by atoms with van der Waals surface area (Å²) in [6.07, 6.45) is 1.76. The van der Waals surface area contributed by atoms with Gasteiger partial charge in [0.05, 0.1) is 5.69 Å². The highest BCUT2D eigenvalue weighted by Crippen LogP contribution is 2.23. The second-order valence-corrected chi connectivity index (χ2v) is 6.51. The highest BCUT2D eigenvalue weighted by Gasteiger charge is 2.36. The van der Waals surface area contributed by atoms with Crippen LogP contribution in [0.1, 0.15) is 24.8 Å². The van der Waals surface area contributed by atoms with E-state index >= 15 is 0 Å². The van der Waals surface area contributed by atoms with Crippen molar-refractivity contribution in [2.45, 2.75) is 32.2 Å². The Labute approximate surface area is 118 Å². The Kier molecular flexibility index (Phi) is 4.29. The highest BCUT2D eigenvalue weighted by molar-refractivity contribution is 7.90. The molecule has 7 heteroatoms. The Balaban J connectivity index is 2.25. The number of piperidine rings is 1. The number of nitrogens with zero attached hydrogens (tertiary/aromatic N) is 1. The first kappa shape index (κ1) is 14.8. The minimum absolute atomic E-state index is 0.234. The summed E-state index contributed by atoms with van der Waals surface area (Å²) < 4.78 is 28.3. The number of hydrogen-bond acceptors (Lipinski definition) is 3. The van der Waals surface area contributed by atoms with Gasteiger partial charge in [0.15, 0.2) is 0 Å². The highest BCUT2D eigenvalue weighted by atomic mass is 32.2. The molecule has 1 fully saturated rings. The van der Waals surface area contributed by atoms with Crippen molar-refractivity contribution >= 4 is 21.9 Å². The lowest BCUT2D eigenvalue weighted by Gasteiger charge is -2.32. The van der Waals surface area contributed by atoms with Gasteiger partial charge in [0.2, 0.25) is 0 Å². The largest absolute Gasteiger partial charge is 0.480 e. The van der Waals surface area contributed by atoms with Crippen LogP contribution in [0.4, 0.5) is 5.69 Å². The lowest BCUT2D eigenvalue weighted by molar-refractivity contribution is -0.142. The van der Waals surface area contributed by atoms with Gasteiger partial charge < -0.3 is 5.11 Å². The van der Waals surface area contributed by atoms with Gasteiger partial charge in [-0.1, -0.05) is 18.2 Å². The van der Waals surface area contributed by atoms with E-state index in [1.165, 1.54) is 0 Å². The molecule has 1 saturated heterocycles. The number of rotatable bonds is 4. The standard InChI is InChI=1S/C13H18N2O4S/c1-10-6-2-3-7-11(10)14-20(18,19)15-9-5-4-8-12(15)13(16)17/h2-3,6-7,12,14H,4-5,8-9H2,1H3,(H,16,17). The number of carbonyl (C=O) groups is 1.